The zero-order valence-electron chi connectivity index (χ0n) is 13.2. The predicted octanol–water partition coefficient (Wildman–Crippen LogP) is 1.41. The highest BCUT2D eigenvalue weighted by Crippen LogP contribution is 2.17. The molecule has 23 heavy (non-hydrogen) atoms. The molecule has 1 heterocycles. The van der Waals surface area contributed by atoms with Crippen LogP contribution in [-0.4, -0.2) is 49.9 Å². The zero-order chi connectivity index (χ0) is 16.0. The minimum Gasteiger partial charge on any atom is -0.338 e. The molecule has 1 atom stereocenters. The minimum absolute atomic E-state index is 0. The lowest BCUT2D eigenvalue weighted by Gasteiger charge is -2.23. The SMILES string of the molecule is Cl.NCC1CCCN1C(=O)CS(=O)(=O)CCCc1ccccc1. The van der Waals surface area contributed by atoms with Crippen LogP contribution >= 0.6 is 12.4 Å². The highest BCUT2D eigenvalue weighted by atomic mass is 35.5. The van der Waals surface area contributed by atoms with E-state index in [0.29, 0.717) is 25.9 Å². The summed E-state index contributed by atoms with van der Waals surface area (Å²) in [7, 11) is -3.35. The molecule has 2 N–H and O–H groups in total. The fourth-order valence-corrected chi connectivity index (χ4v) is 4.16. The van der Waals surface area contributed by atoms with Gasteiger partial charge in [0.1, 0.15) is 5.75 Å². The molecule has 7 heteroatoms. The molecule has 130 valence electrons. The standard InChI is InChI=1S/C16H24N2O3S.ClH/c17-12-15-9-4-10-18(15)16(19)13-22(20,21)11-5-8-14-6-2-1-3-7-14;/h1-3,6-7,15H,4-5,8-13,17H2;1H. The van der Waals surface area contributed by atoms with E-state index in [4.69, 9.17) is 5.73 Å². The largest absolute Gasteiger partial charge is 0.338 e. The molecule has 0 radical (unpaired) electrons. The van der Waals surface area contributed by atoms with Crippen molar-refractivity contribution in [1.29, 1.82) is 0 Å². The van der Waals surface area contributed by atoms with Gasteiger partial charge in [-0.25, -0.2) is 8.42 Å². The van der Waals surface area contributed by atoms with Crippen LogP contribution in [0.5, 0.6) is 0 Å². The number of hydrogen-bond donors (Lipinski definition) is 1. The van der Waals surface area contributed by atoms with Gasteiger partial charge in [-0.2, -0.15) is 0 Å². The average molecular weight is 361 g/mol. The first kappa shape index (κ1) is 19.9. The van der Waals surface area contributed by atoms with Gasteiger partial charge in [0, 0.05) is 19.1 Å². The summed E-state index contributed by atoms with van der Waals surface area (Å²) in [5, 5.41) is 0. The first-order valence-electron chi connectivity index (χ1n) is 7.76. The number of rotatable bonds is 7. The van der Waals surface area contributed by atoms with E-state index in [0.717, 1.165) is 18.4 Å². The molecule has 1 unspecified atom stereocenters. The molecule has 2 rings (SSSR count). The Morgan fingerprint density at radius 2 is 1.96 bits per heavy atom. The lowest BCUT2D eigenvalue weighted by molar-refractivity contribution is -0.129. The maximum Gasteiger partial charge on any atom is 0.238 e. The van der Waals surface area contributed by atoms with Gasteiger partial charge in [-0.05, 0) is 31.2 Å². The van der Waals surface area contributed by atoms with Gasteiger partial charge < -0.3 is 10.6 Å². The number of nitrogens with zero attached hydrogens (tertiary/aromatic N) is 1. The minimum atomic E-state index is -3.35. The Balaban J connectivity index is 0.00000264. The number of likely N-dealkylation sites (tertiary alicyclic amines) is 1. The van der Waals surface area contributed by atoms with Gasteiger partial charge in [0.25, 0.3) is 0 Å². The molecule has 1 aliphatic heterocycles. The molecular formula is C16H25ClN2O3S. The highest BCUT2D eigenvalue weighted by Gasteiger charge is 2.30. The van der Waals surface area contributed by atoms with Crippen LogP contribution in [0.2, 0.25) is 0 Å². The van der Waals surface area contributed by atoms with E-state index < -0.39 is 15.6 Å². The Hall–Kier alpha value is -1.11. The first-order valence-corrected chi connectivity index (χ1v) is 9.58. The van der Waals surface area contributed by atoms with Crippen LogP contribution < -0.4 is 5.73 Å². The molecule has 0 bridgehead atoms. The van der Waals surface area contributed by atoms with E-state index in [1.54, 1.807) is 4.90 Å². The quantitative estimate of drug-likeness (QED) is 0.797. The monoisotopic (exact) mass is 360 g/mol. The number of nitrogens with two attached hydrogens (primary N) is 1. The summed E-state index contributed by atoms with van der Waals surface area (Å²) in [5.41, 5.74) is 6.74. The van der Waals surface area contributed by atoms with E-state index in [9.17, 15) is 13.2 Å². The van der Waals surface area contributed by atoms with Crippen molar-refractivity contribution in [3.63, 3.8) is 0 Å². The van der Waals surface area contributed by atoms with Crippen molar-refractivity contribution in [2.24, 2.45) is 5.73 Å². The van der Waals surface area contributed by atoms with Crippen LogP contribution in [0.3, 0.4) is 0 Å². The second kappa shape index (κ2) is 9.25. The Labute approximate surface area is 144 Å². The molecule has 1 fully saturated rings. The van der Waals surface area contributed by atoms with Crippen molar-refractivity contribution >= 4 is 28.2 Å². The summed E-state index contributed by atoms with van der Waals surface area (Å²) in [4.78, 5) is 13.8. The summed E-state index contributed by atoms with van der Waals surface area (Å²) in [6.07, 6.45) is 3.03. The van der Waals surface area contributed by atoms with Gasteiger partial charge in [-0.15, -0.1) is 12.4 Å². The number of sulfone groups is 1. The number of amides is 1. The fraction of sp³-hybridized carbons (Fsp3) is 0.562. The number of aryl methyl sites for hydroxylation is 1. The van der Waals surface area contributed by atoms with Gasteiger partial charge in [-0.1, -0.05) is 30.3 Å². The number of carbonyl (C=O) groups is 1. The third-order valence-corrected chi connectivity index (χ3v) is 5.67. The number of halogens is 1. The molecule has 1 amide bonds. The topological polar surface area (TPSA) is 80.5 Å². The summed E-state index contributed by atoms with van der Waals surface area (Å²) < 4.78 is 24.2. The lowest BCUT2D eigenvalue weighted by Crippen LogP contribution is -2.43. The van der Waals surface area contributed by atoms with Crippen LogP contribution in [0, 0.1) is 0 Å². The highest BCUT2D eigenvalue weighted by molar-refractivity contribution is 7.92. The molecule has 1 saturated heterocycles. The zero-order valence-corrected chi connectivity index (χ0v) is 14.8. The van der Waals surface area contributed by atoms with Gasteiger partial charge in [0.05, 0.1) is 5.75 Å². The van der Waals surface area contributed by atoms with Crippen LogP contribution in [0.1, 0.15) is 24.8 Å². The van der Waals surface area contributed by atoms with Crippen molar-refractivity contribution < 1.29 is 13.2 Å². The van der Waals surface area contributed by atoms with Crippen LogP contribution in [0.4, 0.5) is 0 Å². The molecule has 0 aliphatic carbocycles. The Morgan fingerprint density at radius 3 is 2.61 bits per heavy atom. The second-order valence-corrected chi connectivity index (χ2v) is 7.98. The van der Waals surface area contributed by atoms with Crippen molar-refractivity contribution in [2.45, 2.75) is 31.7 Å². The van der Waals surface area contributed by atoms with E-state index in [-0.39, 0.29) is 30.1 Å². The maximum atomic E-state index is 12.2. The summed E-state index contributed by atoms with van der Waals surface area (Å²) in [6.45, 7) is 1.03. The first-order chi connectivity index (χ1) is 10.5. The average Bonchev–Trinajstić information content (AvgIpc) is 2.96. The Morgan fingerprint density at radius 1 is 1.26 bits per heavy atom. The van der Waals surface area contributed by atoms with Gasteiger partial charge in [0.15, 0.2) is 9.84 Å². The van der Waals surface area contributed by atoms with Gasteiger partial charge in [0.2, 0.25) is 5.91 Å². The van der Waals surface area contributed by atoms with Crippen molar-refractivity contribution in [3.05, 3.63) is 35.9 Å². The third-order valence-electron chi connectivity index (χ3n) is 4.08. The Kier molecular flexibility index (Phi) is 8.02. The van der Waals surface area contributed by atoms with E-state index in [1.165, 1.54) is 0 Å². The van der Waals surface area contributed by atoms with Gasteiger partial charge >= 0.3 is 0 Å². The van der Waals surface area contributed by atoms with Crippen LogP contribution in [0.15, 0.2) is 30.3 Å². The molecule has 1 aromatic rings. The lowest BCUT2D eigenvalue weighted by atomic mass is 10.1. The van der Waals surface area contributed by atoms with Gasteiger partial charge in [-0.3, -0.25) is 4.79 Å². The maximum absolute atomic E-state index is 12.2. The van der Waals surface area contributed by atoms with Crippen LogP contribution in [0.25, 0.3) is 0 Å². The predicted molar refractivity (Wildman–Crippen MR) is 94.5 cm³/mol. The summed E-state index contributed by atoms with van der Waals surface area (Å²) in [6, 6.07) is 9.78. The molecule has 1 aromatic carbocycles. The summed E-state index contributed by atoms with van der Waals surface area (Å²) in [5.74, 6) is -0.639. The fourth-order valence-electron chi connectivity index (χ4n) is 2.89. The second-order valence-electron chi connectivity index (χ2n) is 5.80. The number of benzene rings is 1. The molecule has 0 aromatic heterocycles. The number of carbonyl (C=O) groups excluding carboxylic acids is 1. The van der Waals surface area contributed by atoms with Crippen molar-refractivity contribution in [3.8, 4) is 0 Å². The van der Waals surface area contributed by atoms with Crippen LogP contribution in [-0.2, 0) is 21.1 Å². The molecule has 1 aliphatic rings. The van der Waals surface area contributed by atoms with E-state index >= 15 is 0 Å². The van der Waals surface area contributed by atoms with E-state index in [1.807, 2.05) is 30.3 Å². The van der Waals surface area contributed by atoms with Crippen molar-refractivity contribution in [1.82, 2.24) is 4.90 Å². The molecule has 5 nitrogen and oxygen atoms in total. The Bertz CT molecular complexity index is 593. The normalized spacial score (nSPS) is 17.8. The molecule has 0 spiro atoms. The smallest absolute Gasteiger partial charge is 0.238 e. The molecular weight excluding hydrogens is 336 g/mol. The van der Waals surface area contributed by atoms with Crippen molar-refractivity contribution in [2.75, 3.05) is 24.6 Å². The molecule has 0 saturated carbocycles. The summed E-state index contributed by atoms with van der Waals surface area (Å²) >= 11 is 0. The number of hydrogen-bond acceptors (Lipinski definition) is 4. The third kappa shape index (κ3) is 6.12. The van der Waals surface area contributed by atoms with E-state index in [2.05, 4.69) is 0 Å².